The summed E-state index contributed by atoms with van der Waals surface area (Å²) < 4.78 is 14.0. The van der Waals surface area contributed by atoms with Crippen molar-refractivity contribution < 1.29 is 9.47 Å². The van der Waals surface area contributed by atoms with Crippen molar-refractivity contribution in [2.24, 2.45) is 0 Å². The Morgan fingerprint density at radius 3 is 2.79 bits per heavy atom. The van der Waals surface area contributed by atoms with Gasteiger partial charge < -0.3 is 9.47 Å². The van der Waals surface area contributed by atoms with E-state index < -0.39 is 0 Å². The van der Waals surface area contributed by atoms with E-state index in [2.05, 4.69) is 11.9 Å². The molecule has 0 unspecified atom stereocenters. The van der Waals surface area contributed by atoms with Crippen LogP contribution in [0.25, 0.3) is 22.1 Å². The van der Waals surface area contributed by atoms with Crippen LogP contribution in [0.5, 0.6) is 11.5 Å². The molecule has 0 bridgehead atoms. The summed E-state index contributed by atoms with van der Waals surface area (Å²) in [7, 11) is 0. The number of aromatic nitrogens is 2. The zero-order valence-electron chi connectivity index (χ0n) is 16.1. The van der Waals surface area contributed by atoms with Crippen molar-refractivity contribution in [3.63, 3.8) is 0 Å². The molecule has 2 heterocycles. The molecule has 0 N–H and O–H groups in total. The topological polar surface area (TPSA) is 52.8 Å². The Kier molecular flexibility index (Phi) is 5.05. The molecule has 4 aromatic rings. The van der Waals surface area contributed by atoms with Crippen molar-refractivity contribution in [1.82, 2.24) is 9.38 Å². The number of imidazole rings is 1. The van der Waals surface area contributed by atoms with Gasteiger partial charge in [0.25, 0.3) is 5.56 Å². The molecule has 6 heteroatoms. The first-order valence-electron chi connectivity index (χ1n) is 9.46. The van der Waals surface area contributed by atoms with Crippen molar-refractivity contribution in [3.8, 4) is 11.5 Å². The molecule has 0 aliphatic carbocycles. The second-order valence-corrected chi connectivity index (χ2v) is 7.62. The normalized spacial score (nSPS) is 13.3. The summed E-state index contributed by atoms with van der Waals surface area (Å²) in [6.45, 7) is 6.61. The van der Waals surface area contributed by atoms with Crippen molar-refractivity contribution in [2.75, 3.05) is 6.61 Å². The Balaban J connectivity index is 1.79. The smallest absolute Gasteiger partial charge is 0.274 e. The lowest BCUT2D eigenvalue weighted by atomic mass is 10.2. The SMILES string of the molecule is CCOc1cc(/C=c2\sc3nc4ccccc4n3c2=O)ccc1O[C@H](C)CC. The minimum atomic E-state index is -0.0495. The summed E-state index contributed by atoms with van der Waals surface area (Å²) in [5.74, 6) is 1.42. The second kappa shape index (κ2) is 7.64. The average Bonchev–Trinajstić information content (AvgIpc) is 3.20. The number of thiazole rings is 1. The molecule has 0 amide bonds. The summed E-state index contributed by atoms with van der Waals surface area (Å²) in [6, 6.07) is 13.4. The van der Waals surface area contributed by atoms with Crippen LogP contribution in [0, 0.1) is 0 Å². The van der Waals surface area contributed by atoms with Gasteiger partial charge in [-0.15, -0.1) is 0 Å². The maximum Gasteiger partial charge on any atom is 0.274 e. The van der Waals surface area contributed by atoms with Crippen LogP contribution < -0.4 is 19.6 Å². The predicted molar refractivity (Wildman–Crippen MR) is 114 cm³/mol. The third kappa shape index (κ3) is 3.36. The second-order valence-electron chi connectivity index (χ2n) is 6.61. The quantitative estimate of drug-likeness (QED) is 0.495. The zero-order valence-corrected chi connectivity index (χ0v) is 17.0. The van der Waals surface area contributed by atoms with Crippen LogP contribution >= 0.6 is 11.3 Å². The molecule has 5 nitrogen and oxygen atoms in total. The number of fused-ring (bicyclic) bond motifs is 3. The highest BCUT2D eigenvalue weighted by molar-refractivity contribution is 7.15. The van der Waals surface area contributed by atoms with E-state index in [4.69, 9.17) is 9.47 Å². The molecule has 0 aliphatic heterocycles. The van der Waals surface area contributed by atoms with Crippen molar-refractivity contribution in [2.45, 2.75) is 33.3 Å². The standard InChI is InChI=1S/C22H22N2O3S/c1-4-14(3)27-18-11-10-15(12-19(18)26-5-2)13-20-21(25)24-17-9-7-6-8-16(17)23-22(24)28-20/h6-14H,4-5H2,1-3H3/b20-13-/t14-/m1/s1. The third-order valence-corrected chi connectivity index (χ3v) is 5.58. The number of ether oxygens (including phenoxy) is 2. The van der Waals surface area contributed by atoms with E-state index in [0.717, 1.165) is 28.8 Å². The number of hydrogen-bond acceptors (Lipinski definition) is 5. The molecule has 1 atom stereocenters. The maximum absolute atomic E-state index is 12.9. The van der Waals surface area contributed by atoms with Gasteiger partial charge in [0, 0.05) is 0 Å². The Labute approximate surface area is 166 Å². The minimum absolute atomic E-state index is 0.0495. The van der Waals surface area contributed by atoms with Crippen LogP contribution in [0.15, 0.2) is 47.3 Å². The van der Waals surface area contributed by atoms with Gasteiger partial charge in [0.2, 0.25) is 0 Å². The van der Waals surface area contributed by atoms with E-state index >= 15 is 0 Å². The fourth-order valence-corrected chi connectivity index (χ4v) is 4.03. The summed E-state index contributed by atoms with van der Waals surface area (Å²) in [5, 5.41) is 0. The van der Waals surface area contributed by atoms with Crippen molar-refractivity contribution in [1.29, 1.82) is 0 Å². The number of rotatable bonds is 6. The molecule has 0 fully saturated rings. The van der Waals surface area contributed by atoms with Gasteiger partial charge in [-0.1, -0.05) is 36.5 Å². The van der Waals surface area contributed by atoms with Gasteiger partial charge in [-0.25, -0.2) is 9.38 Å². The minimum Gasteiger partial charge on any atom is -0.490 e. The molecule has 0 spiro atoms. The summed E-state index contributed by atoms with van der Waals surface area (Å²) in [6.07, 6.45) is 2.91. The Bertz CT molecular complexity index is 1240. The molecule has 28 heavy (non-hydrogen) atoms. The molecule has 2 aromatic carbocycles. The van der Waals surface area contributed by atoms with Gasteiger partial charge in [0.1, 0.15) is 0 Å². The summed E-state index contributed by atoms with van der Waals surface area (Å²) in [4.78, 5) is 18.2. The van der Waals surface area contributed by atoms with Crippen molar-refractivity contribution in [3.05, 3.63) is 62.9 Å². The van der Waals surface area contributed by atoms with Gasteiger partial charge in [-0.3, -0.25) is 4.79 Å². The Hall–Kier alpha value is -2.86. The molecule has 0 saturated heterocycles. The molecular formula is C22H22N2O3S. The largest absolute Gasteiger partial charge is 0.490 e. The molecule has 0 radical (unpaired) electrons. The number of benzene rings is 2. The molecule has 0 aliphatic rings. The molecule has 4 rings (SSSR count). The van der Waals surface area contributed by atoms with E-state index in [9.17, 15) is 4.79 Å². The highest BCUT2D eigenvalue weighted by Gasteiger charge is 2.12. The first kappa shape index (κ1) is 18.5. The highest BCUT2D eigenvalue weighted by atomic mass is 32.1. The average molecular weight is 394 g/mol. The lowest BCUT2D eigenvalue weighted by molar-refractivity contribution is 0.203. The highest BCUT2D eigenvalue weighted by Crippen LogP contribution is 2.30. The van der Waals surface area contributed by atoms with Gasteiger partial charge in [-0.2, -0.15) is 0 Å². The summed E-state index contributed by atoms with van der Waals surface area (Å²) >= 11 is 1.39. The first-order chi connectivity index (χ1) is 13.6. The van der Waals surface area contributed by atoms with Gasteiger partial charge >= 0.3 is 0 Å². The van der Waals surface area contributed by atoms with E-state index in [0.29, 0.717) is 21.8 Å². The van der Waals surface area contributed by atoms with Gasteiger partial charge in [-0.05, 0) is 56.2 Å². The number of nitrogens with zero attached hydrogens (tertiary/aromatic N) is 2. The fraction of sp³-hybridized carbons (Fsp3) is 0.273. The number of para-hydroxylation sites is 2. The van der Waals surface area contributed by atoms with Crippen LogP contribution in [0.3, 0.4) is 0 Å². The van der Waals surface area contributed by atoms with Crippen LogP contribution in [0.2, 0.25) is 0 Å². The summed E-state index contributed by atoms with van der Waals surface area (Å²) in [5.41, 5.74) is 2.52. The lowest BCUT2D eigenvalue weighted by Gasteiger charge is -2.16. The fourth-order valence-electron chi connectivity index (χ4n) is 3.04. The van der Waals surface area contributed by atoms with Crippen LogP contribution in [-0.2, 0) is 0 Å². The predicted octanol–water partition coefficient (Wildman–Crippen LogP) is 4.03. The lowest BCUT2D eigenvalue weighted by Crippen LogP contribution is -2.22. The van der Waals surface area contributed by atoms with E-state index in [-0.39, 0.29) is 11.7 Å². The monoisotopic (exact) mass is 394 g/mol. The van der Waals surface area contributed by atoms with E-state index in [1.807, 2.05) is 62.4 Å². The Morgan fingerprint density at radius 1 is 1.18 bits per heavy atom. The Morgan fingerprint density at radius 2 is 2.00 bits per heavy atom. The van der Waals surface area contributed by atoms with Crippen molar-refractivity contribution >= 4 is 33.4 Å². The third-order valence-electron chi connectivity index (χ3n) is 4.61. The molecule has 0 saturated carbocycles. The molecule has 2 aromatic heterocycles. The number of hydrogen-bond donors (Lipinski definition) is 0. The maximum atomic E-state index is 12.9. The van der Waals surface area contributed by atoms with E-state index in [1.54, 1.807) is 4.40 Å². The molecule has 144 valence electrons. The zero-order chi connectivity index (χ0) is 19.7. The first-order valence-corrected chi connectivity index (χ1v) is 10.3. The van der Waals surface area contributed by atoms with Crippen LogP contribution in [0.4, 0.5) is 0 Å². The van der Waals surface area contributed by atoms with Crippen LogP contribution in [-0.4, -0.2) is 22.1 Å². The molecular weight excluding hydrogens is 372 g/mol. The van der Waals surface area contributed by atoms with Gasteiger partial charge in [0.05, 0.1) is 28.3 Å². The van der Waals surface area contributed by atoms with E-state index in [1.165, 1.54) is 11.3 Å². The van der Waals surface area contributed by atoms with Gasteiger partial charge in [0.15, 0.2) is 16.5 Å². The van der Waals surface area contributed by atoms with Crippen LogP contribution in [0.1, 0.15) is 32.8 Å².